The summed E-state index contributed by atoms with van der Waals surface area (Å²) in [4.78, 5) is 3.80. The van der Waals surface area contributed by atoms with Gasteiger partial charge in [0.2, 0.25) is 0 Å². The maximum Gasteiger partial charge on any atom is 0.122 e. The molecule has 0 aromatic carbocycles. The molecule has 1 aliphatic heterocycles. The first-order valence-corrected chi connectivity index (χ1v) is 6.16. The van der Waals surface area contributed by atoms with E-state index in [1.165, 1.54) is 25.7 Å². The van der Waals surface area contributed by atoms with Gasteiger partial charge in [0.15, 0.2) is 0 Å². The minimum absolute atomic E-state index is 0.704. The van der Waals surface area contributed by atoms with Gasteiger partial charge >= 0.3 is 0 Å². The Morgan fingerprint density at radius 1 is 1.54 bits per heavy atom. The Labute approximate surface area is 87.4 Å². The van der Waals surface area contributed by atoms with E-state index in [1.807, 2.05) is 0 Å². The quantitative estimate of drug-likeness (QED) is 0.673. The number of hydrogen-bond donors (Lipinski definition) is 0. The van der Waals surface area contributed by atoms with E-state index in [2.05, 4.69) is 31.3 Å². The summed E-state index contributed by atoms with van der Waals surface area (Å²) >= 11 is 1.66. The highest BCUT2D eigenvalue weighted by molar-refractivity contribution is 8.12. The molecule has 0 aromatic heterocycles. The van der Waals surface area contributed by atoms with Crippen LogP contribution < -0.4 is 0 Å². The van der Waals surface area contributed by atoms with Gasteiger partial charge in [-0.3, -0.25) is 4.99 Å². The molecule has 13 heavy (non-hydrogen) atoms. The Balaban J connectivity index is 0.000000243. The highest BCUT2D eigenvalue weighted by Gasteiger charge is 1.94. The second-order valence-electron chi connectivity index (χ2n) is 3.24. The number of unbranched alkanes of at least 4 members (excludes halogenated alkanes) is 1. The van der Waals surface area contributed by atoms with E-state index in [0.29, 0.717) is 5.92 Å². The number of aliphatic imine (C=N–C) groups is 1. The van der Waals surface area contributed by atoms with Gasteiger partial charge in [-0.25, -0.2) is 0 Å². The molecule has 1 nitrogen and oxygen atoms in total. The molecule has 0 N–H and O–H groups in total. The van der Waals surface area contributed by atoms with Crippen LogP contribution in [0.4, 0.5) is 0 Å². The number of hydrogen-bond acceptors (Lipinski definition) is 2. The summed E-state index contributed by atoms with van der Waals surface area (Å²) in [7, 11) is 0. The van der Waals surface area contributed by atoms with Gasteiger partial charge in [0.1, 0.15) is 5.55 Å². The normalized spacial score (nSPS) is 16.5. The van der Waals surface area contributed by atoms with Crippen molar-refractivity contribution in [3.63, 3.8) is 0 Å². The summed E-state index contributed by atoms with van der Waals surface area (Å²) < 4.78 is 0. The van der Waals surface area contributed by atoms with Gasteiger partial charge in [-0.2, -0.15) is 0 Å². The SMILES string of the molecule is [CH2]C(CC)CCCC.[C]1=NCCS1. The Bertz CT molecular complexity index is 117. The van der Waals surface area contributed by atoms with E-state index >= 15 is 0 Å². The first-order valence-electron chi connectivity index (χ1n) is 5.17. The molecule has 0 saturated carbocycles. The van der Waals surface area contributed by atoms with E-state index in [9.17, 15) is 0 Å². The molecule has 0 aromatic rings. The monoisotopic (exact) mass is 199 g/mol. The molecule has 1 rings (SSSR count). The number of nitrogens with zero attached hydrogens (tertiary/aromatic N) is 1. The van der Waals surface area contributed by atoms with E-state index in [4.69, 9.17) is 0 Å². The van der Waals surface area contributed by atoms with Gasteiger partial charge in [0.05, 0.1) is 0 Å². The molecule has 0 spiro atoms. The van der Waals surface area contributed by atoms with Gasteiger partial charge < -0.3 is 0 Å². The third-order valence-electron chi connectivity index (χ3n) is 1.98. The summed E-state index contributed by atoms with van der Waals surface area (Å²) in [6.45, 7) is 9.40. The molecule has 0 saturated heterocycles. The molecule has 0 amide bonds. The van der Waals surface area contributed by atoms with Crippen molar-refractivity contribution in [3.05, 3.63) is 6.92 Å². The molecular formula is C11H21NS. The van der Waals surface area contributed by atoms with Crippen molar-refractivity contribution in [2.75, 3.05) is 12.3 Å². The standard InChI is InChI=1S/C8H17.C3H4NS/c1-4-6-7-8(3)5-2;1-2-5-3-4-1/h8H,3-7H2,1-2H3;1-2H2. The summed E-state index contributed by atoms with van der Waals surface area (Å²) in [6, 6.07) is 0. The average molecular weight is 199 g/mol. The van der Waals surface area contributed by atoms with Crippen molar-refractivity contribution < 1.29 is 0 Å². The van der Waals surface area contributed by atoms with Crippen LogP contribution in [0.25, 0.3) is 0 Å². The fourth-order valence-electron chi connectivity index (χ4n) is 0.925. The highest BCUT2D eigenvalue weighted by Crippen LogP contribution is 2.09. The predicted octanol–water partition coefficient (Wildman–Crippen LogP) is 3.68. The maximum absolute atomic E-state index is 3.99. The van der Waals surface area contributed by atoms with Crippen LogP contribution in [0.15, 0.2) is 4.99 Å². The Kier molecular flexibility index (Phi) is 10.1. The van der Waals surface area contributed by atoms with Crippen molar-refractivity contribution in [3.8, 4) is 0 Å². The smallest absolute Gasteiger partial charge is 0.122 e. The molecule has 1 heterocycles. The van der Waals surface area contributed by atoms with Crippen LogP contribution in [-0.4, -0.2) is 17.8 Å². The van der Waals surface area contributed by atoms with Crippen LogP contribution >= 0.6 is 11.8 Å². The number of rotatable bonds is 4. The van der Waals surface area contributed by atoms with Crippen LogP contribution in [0.5, 0.6) is 0 Å². The van der Waals surface area contributed by atoms with Gasteiger partial charge in [0, 0.05) is 12.3 Å². The van der Waals surface area contributed by atoms with Crippen LogP contribution in [0.3, 0.4) is 0 Å². The summed E-state index contributed by atoms with van der Waals surface area (Å²) in [5, 5.41) is 0. The van der Waals surface area contributed by atoms with Crippen molar-refractivity contribution in [2.45, 2.75) is 39.5 Å². The van der Waals surface area contributed by atoms with Crippen LogP contribution in [-0.2, 0) is 0 Å². The largest absolute Gasteiger partial charge is 0.275 e. The molecule has 0 aliphatic carbocycles. The molecular weight excluding hydrogens is 178 g/mol. The Morgan fingerprint density at radius 2 is 2.31 bits per heavy atom. The lowest BCUT2D eigenvalue weighted by Crippen LogP contribution is -1.90. The molecule has 1 aliphatic rings. The molecule has 76 valence electrons. The molecule has 2 radical (unpaired) electrons. The van der Waals surface area contributed by atoms with Crippen LogP contribution in [0, 0.1) is 12.8 Å². The van der Waals surface area contributed by atoms with E-state index in [1.54, 1.807) is 11.8 Å². The van der Waals surface area contributed by atoms with Crippen molar-refractivity contribution in [1.29, 1.82) is 0 Å². The van der Waals surface area contributed by atoms with E-state index < -0.39 is 0 Å². The third kappa shape index (κ3) is 9.94. The first kappa shape index (κ1) is 13.0. The zero-order valence-corrected chi connectivity index (χ0v) is 9.70. The zero-order valence-electron chi connectivity index (χ0n) is 8.88. The van der Waals surface area contributed by atoms with Crippen molar-refractivity contribution >= 4 is 17.3 Å². The van der Waals surface area contributed by atoms with Crippen molar-refractivity contribution in [1.82, 2.24) is 0 Å². The predicted molar refractivity (Wildman–Crippen MR) is 63.4 cm³/mol. The molecule has 1 atom stereocenters. The number of thioether (sulfide) groups is 1. The fraction of sp³-hybridized carbons (Fsp3) is 0.818. The summed E-state index contributed by atoms with van der Waals surface area (Å²) in [5.74, 6) is 1.84. The Hall–Kier alpha value is 0.0200. The second kappa shape index (κ2) is 10.1. The maximum atomic E-state index is 3.99. The van der Waals surface area contributed by atoms with Crippen LogP contribution in [0.1, 0.15) is 39.5 Å². The van der Waals surface area contributed by atoms with E-state index in [-0.39, 0.29) is 0 Å². The summed E-state index contributed by atoms with van der Waals surface area (Å²) in [6.07, 6.45) is 5.21. The lowest BCUT2D eigenvalue weighted by atomic mass is 10.0. The van der Waals surface area contributed by atoms with Gasteiger partial charge in [-0.15, -0.1) is 11.8 Å². The fourth-order valence-corrected chi connectivity index (χ4v) is 1.38. The highest BCUT2D eigenvalue weighted by atomic mass is 32.2. The first-order chi connectivity index (χ1) is 6.31. The summed E-state index contributed by atoms with van der Waals surface area (Å²) in [5.41, 5.74) is 2.76. The lowest BCUT2D eigenvalue weighted by Gasteiger charge is -2.04. The Morgan fingerprint density at radius 3 is 2.62 bits per heavy atom. The average Bonchev–Trinajstić information content (AvgIpc) is 2.72. The molecule has 0 bridgehead atoms. The van der Waals surface area contributed by atoms with Gasteiger partial charge in [0.25, 0.3) is 0 Å². The van der Waals surface area contributed by atoms with Crippen molar-refractivity contribution in [2.24, 2.45) is 10.9 Å². The van der Waals surface area contributed by atoms with Gasteiger partial charge in [-0.1, -0.05) is 46.5 Å². The minimum Gasteiger partial charge on any atom is -0.275 e. The topological polar surface area (TPSA) is 12.4 Å². The molecule has 2 heteroatoms. The zero-order chi connectivity index (χ0) is 9.94. The third-order valence-corrected chi connectivity index (χ3v) is 2.62. The van der Waals surface area contributed by atoms with E-state index in [0.717, 1.165) is 12.3 Å². The molecule has 0 fully saturated rings. The van der Waals surface area contributed by atoms with Gasteiger partial charge in [-0.05, 0) is 5.92 Å². The second-order valence-corrected chi connectivity index (χ2v) is 4.12. The lowest BCUT2D eigenvalue weighted by molar-refractivity contribution is 0.537. The van der Waals surface area contributed by atoms with Crippen LogP contribution in [0.2, 0.25) is 0 Å². The minimum atomic E-state index is 0.704. The molecule has 1 unspecified atom stereocenters.